The smallest absolute Gasteiger partial charge is 0.336 e. The molecule has 0 saturated carbocycles. The lowest BCUT2D eigenvalue weighted by Gasteiger charge is -2.36. The summed E-state index contributed by atoms with van der Waals surface area (Å²) in [6.45, 7) is 2.89. The second kappa shape index (κ2) is 8.73. The van der Waals surface area contributed by atoms with Gasteiger partial charge in [0.25, 0.3) is 0 Å². The molecular formula is C24H25NO4S2. The number of carbonyl (C=O) groups is 2. The number of nitrogens with one attached hydrogen (secondary N) is 1. The number of thiophene rings is 2. The number of Topliss-reactive ketones (excluding diaryl/α,β-unsaturated/α-hetero) is 1. The van der Waals surface area contributed by atoms with E-state index in [1.165, 1.54) is 4.88 Å². The van der Waals surface area contributed by atoms with Crippen molar-refractivity contribution in [3.8, 4) is 0 Å². The third kappa shape index (κ3) is 4.02. The first kappa shape index (κ1) is 20.7. The zero-order chi connectivity index (χ0) is 21.4. The van der Waals surface area contributed by atoms with Crippen LogP contribution in [0, 0.1) is 0 Å². The quantitative estimate of drug-likeness (QED) is 0.650. The van der Waals surface area contributed by atoms with Crippen LogP contribution in [0.4, 0.5) is 0 Å². The SMILES string of the molecule is CC1=C(C(=O)OC[C@@H]2CCCO2)[C@@H](c2cccs2)C2=C(C[C@H](c3cccs3)CC2=O)N1. The van der Waals surface area contributed by atoms with Crippen molar-refractivity contribution >= 4 is 34.4 Å². The molecule has 0 spiro atoms. The predicted octanol–water partition coefficient (Wildman–Crippen LogP) is 4.89. The highest BCUT2D eigenvalue weighted by molar-refractivity contribution is 7.10. The van der Waals surface area contributed by atoms with Gasteiger partial charge in [0.05, 0.1) is 17.6 Å². The van der Waals surface area contributed by atoms with Crippen molar-refractivity contribution in [2.45, 2.75) is 50.5 Å². The monoisotopic (exact) mass is 455 g/mol. The van der Waals surface area contributed by atoms with Crippen LogP contribution in [0.25, 0.3) is 0 Å². The van der Waals surface area contributed by atoms with Gasteiger partial charge in [-0.3, -0.25) is 4.79 Å². The van der Waals surface area contributed by atoms with Crippen LogP contribution in [0.1, 0.15) is 54.2 Å². The summed E-state index contributed by atoms with van der Waals surface area (Å²) in [5.41, 5.74) is 2.99. The number of ether oxygens (including phenoxy) is 2. The first-order chi connectivity index (χ1) is 15.1. The molecule has 0 amide bonds. The van der Waals surface area contributed by atoms with E-state index < -0.39 is 0 Å². The van der Waals surface area contributed by atoms with E-state index in [0.717, 1.165) is 47.7 Å². The Labute approximate surface area is 189 Å². The number of hydrogen-bond acceptors (Lipinski definition) is 7. The highest BCUT2D eigenvalue weighted by Crippen LogP contribution is 2.47. The van der Waals surface area contributed by atoms with E-state index in [1.54, 1.807) is 22.7 Å². The Bertz CT molecular complexity index is 1030. The van der Waals surface area contributed by atoms with Crippen molar-refractivity contribution in [2.75, 3.05) is 13.2 Å². The molecule has 1 aliphatic carbocycles. The lowest BCUT2D eigenvalue weighted by atomic mass is 9.74. The molecular weight excluding hydrogens is 430 g/mol. The number of rotatable bonds is 5. The summed E-state index contributed by atoms with van der Waals surface area (Å²) in [6.07, 6.45) is 3.13. The number of allylic oxidation sites excluding steroid dienone is 3. The van der Waals surface area contributed by atoms with E-state index in [-0.39, 0.29) is 36.3 Å². The molecule has 1 N–H and O–H groups in total. The lowest BCUT2D eigenvalue weighted by molar-refractivity contribution is -0.142. The van der Waals surface area contributed by atoms with Crippen LogP contribution in [-0.2, 0) is 19.1 Å². The lowest BCUT2D eigenvalue weighted by Crippen LogP contribution is -2.36. The molecule has 3 atom stereocenters. The zero-order valence-electron chi connectivity index (χ0n) is 17.4. The summed E-state index contributed by atoms with van der Waals surface area (Å²) in [7, 11) is 0. The van der Waals surface area contributed by atoms with Crippen LogP contribution in [0.15, 0.2) is 57.6 Å². The fraction of sp³-hybridized carbons (Fsp3) is 0.417. The maximum Gasteiger partial charge on any atom is 0.336 e. The van der Waals surface area contributed by atoms with Gasteiger partial charge in [0.2, 0.25) is 0 Å². The van der Waals surface area contributed by atoms with Gasteiger partial charge in [-0.1, -0.05) is 12.1 Å². The van der Waals surface area contributed by atoms with Crippen LogP contribution >= 0.6 is 22.7 Å². The van der Waals surface area contributed by atoms with Gasteiger partial charge in [0.15, 0.2) is 5.78 Å². The van der Waals surface area contributed by atoms with Gasteiger partial charge in [0, 0.05) is 45.7 Å². The van der Waals surface area contributed by atoms with E-state index in [9.17, 15) is 9.59 Å². The standard InChI is InChI=1S/C24H25NO4S2/c1-14-21(24(27)29-13-16-5-2-8-28-16)23(20-7-4-10-31-20)22-17(25-14)11-15(12-18(22)26)19-6-3-9-30-19/h3-4,6-7,9-10,15-16,23,25H,2,5,8,11-13H2,1H3/t15-,16-,23+/m0/s1. The molecule has 0 aromatic carbocycles. The maximum absolute atomic E-state index is 13.4. The van der Waals surface area contributed by atoms with Gasteiger partial charge in [0.1, 0.15) is 6.61 Å². The molecule has 5 nitrogen and oxygen atoms in total. The van der Waals surface area contributed by atoms with Crippen molar-refractivity contribution in [1.29, 1.82) is 0 Å². The van der Waals surface area contributed by atoms with Crippen molar-refractivity contribution < 1.29 is 19.1 Å². The Morgan fingerprint density at radius 3 is 2.65 bits per heavy atom. The summed E-state index contributed by atoms with van der Waals surface area (Å²) in [5.74, 6) is -0.435. The van der Waals surface area contributed by atoms with Gasteiger partial charge < -0.3 is 14.8 Å². The van der Waals surface area contributed by atoms with E-state index in [4.69, 9.17) is 9.47 Å². The third-order valence-corrected chi connectivity index (χ3v) is 8.22. The van der Waals surface area contributed by atoms with Crippen molar-refractivity contribution in [3.05, 3.63) is 67.3 Å². The number of hydrogen-bond donors (Lipinski definition) is 1. The van der Waals surface area contributed by atoms with E-state index in [0.29, 0.717) is 12.0 Å². The minimum absolute atomic E-state index is 0.0285. The molecule has 1 saturated heterocycles. The Morgan fingerprint density at radius 2 is 1.97 bits per heavy atom. The summed E-state index contributed by atoms with van der Waals surface area (Å²) in [6, 6.07) is 8.11. The van der Waals surface area contributed by atoms with E-state index in [1.807, 2.05) is 30.5 Å². The highest BCUT2D eigenvalue weighted by atomic mass is 32.1. The van der Waals surface area contributed by atoms with Gasteiger partial charge in [-0.25, -0.2) is 4.79 Å². The Kier molecular flexibility index (Phi) is 5.82. The van der Waals surface area contributed by atoms with Crippen LogP contribution < -0.4 is 5.32 Å². The molecule has 31 heavy (non-hydrogen) atoms. The molecule has 7 heteroatoms. The van der Waals surface area contributed by atoms with E-state index >= 15 is 0 Å². The molecule has 5 rings (SSSR count). The Hall–Kier alpha value is -2.22. The van der Waals surface area contributed by atoms with Gasteiger partial charge in [-0.15, -0.1) is 22.7 Å². The molecule has 2 aromatic heterocycles. The number of carbonyl (C=O) groups excluding carboxylic acids is 2. The molecule has 2 aromatic rings. The van der Waals surface area contributed by atoms with Gasteiger partial charge in [-0.05, 0) is 49.1 Å². The van der Waals surface area contributed by atoms with Crippen LogP contribution in [-0.4, -0.2) is 31.1 Å². The summed E-state index contributed by atoms with van der Waals surface area (Å²) in [4.78, 5) is 28.8. The zero-order valence-corrected chi connectivity index (χ0v) is 19.0. The van der Waals surface area contributed by atoms with Gasteiger partial charge >= 0.3 is 5.97 Å². The predicted molar refractivity (Wildman–Crippen MR) is 121 cm³/mol. The molecule has 4 heterocycles. The average molecular weight is 456 g/mol. The maximum atomic E-state index is 13.4. The molecule has 162 valence electrons. The largest absolute Gasteiger partial charge is 0.459 e. The fourth-order valence-corrected chi connectivity index (χ4v) is 6.47. The topological polar surface area (TPSA) is 64.6 Å². The second-order valence-corrected chi connectivity index (χ2v) is 10.2. The van der Waals surface area contributed by atoms with Crippen molar-refractivity contribution in [3.63, 3.8) is 0 Å². The fourth-order valence-electron chi connectivity index (χ4n) is 4.80. The average Bonchev–Trinajstić information content (AvgIpc) is 3.54. The van der Waals surface area contributed by atoms with Crippen LogP contribution in [0.3, 0.4) is 0 Å². The van der Waals surface area contributed by atoms with Gasteiger partial charge in [-0.2, -0.15) is 0 Å². The number of esters is 1. The minimum Gasteiger partial charge on any atom is -0.459 e. The van der Waals surface area contributed by atoms with Crippen molar-refractivity contribution in [1.82, 2.24) is 5.32 Å². The second-order valence-electron chi connectivity index (χ2n) is 8.28. The van der Waals surface area contributed by atoms with Crippen LogP contribution in [0.2, 0.25) is 0 Å². The van der Waals surface area contributed by atoms with Crippen molar-refractivity contribution in [2.24, 2.45) is 0 Å². The summed E-state index contributed by atoms with van der Waals surface area (Å²) in [5, 5.41) is 7.45. The highest BCUT2D eigenvalue weighted by Gasteiger charge is 2.42. The normalized spacial score (nSPS) is 26.1. The van der Waals surface area contributed by atoms with E-state index in [2.05, 4.69) is 16.8 Å². The number of dihydropyridines is 1. The third-order valence-electron chi connectivity index (χ3n) is 6.25. The molecule has 2 aliphatic heterocycles. The molecule has 3 aliphatic rings. The molecule has 0 radical (unpaired) electrons. The molecule has 0 bridgehead atoms. The first-order valence-electron chi connectivity index (χ1n) is 10.7. The van der Waals surface area contributed by atoms with Crippen LogP contribution in [0.5, 0.6) is 0 Å². The first-order valence-corrected chi connectivity index (χ1v) is 12.5. The Balaban J connectivity index is 1.46. The Morgan fingerprint density at radius 1 is 1.19 bits per heavy atom. The summed E-state index contributed by atoms with van der Waals surface area (Å²) >= 11 is 3.27. The molecule has 0 unspecified atom stereocenters. The minimum atomic E-state index is -0.370. The molecule has 1 fully saturated rings. The summed E-state index contributed by atoms with van der Waals surface area (Å²) < 4.78 is 11.3. The number of ketones is 1.